The van der Waals surface area contributed by atoms with Crippen LogP contribution in [0.25, 0.3) is 12.2 Å². The Bertz CT molecular complexity index is 2010. The molecule has 0 amide bonds. The highest BCUT2D eigenvalue weighted by atomic mass is 33.1. The van der Waals surface area contributed by atoms with E-state index in [1.165, 1.54) is 94.2 Å². The van der Waals surface area contributed by atoms with Crippen LogP contribution in [0.5, 0.6) is 0 Å². The third-order valence-corrected chi connectivity index (χ3v) is 17.7. The molecule has 2 unspecified atom stereocenters. The van der Waals surface area contributed by atoms with E-state index < -0.39 is 10.1 Å². The van der Waals surface area contributed by atoms with Crippen LogP contribution in [-0.4, -0.2) is 138 Å². The first kappa shape index (κ1) is 45.4. The van der Waals surface area contributed by atoms with Gasteiger partial charge in [0.05, 0.1) is 90.5 Å². The number of quaternary nitrogens is 2. The van der Waals surface area contributed by atoms with Gasteiger partial charge in [-0.2, -0.15) is 0 Å². The van der Waals surface area contributed by atoms with Gasteiger partial charge in [0.25, 0.3) is 0 Å². The Morgan fingerprint density at radius 2 is 0.984 bits per heavy atom. The van der Waals surface area contributed by atoms with Gasteiger partial charge >= 0.3 is 0 Å². The molecular weight excluding hydrogens is 845 g/mol. The van der Waals surface area contributed by atoms with Crippen LogP contribution in [0.2, 0.25) is 0 Å². The summed E-state index contributed by atoms with van der Waals surface area (Å²) in [7, 11) is 18.1. The Morgan fingerprint density at radius 1 is 0.581 bits per heavy atom. The summed E-state index contributed by atoms with van der Waals surface area (Å²) >= 11 is 3.61. The zero-order valence-corrected chi connectivity index (χ0v) is 40.8. The zero-order valence-electron chi connectivity index (χ0n) is 37.6. The van der Waals surface area contributed by atoms with E-state index in [0.717, 1.165) is 48.4 Å². The van der Waals surface area contributed by atoms with Crippen LogP contribution < -0.4 is 19.6 Å². The molecule has 2 atom stereocenters. The van der Waals surface area contributed by atoms with Crippen molar-refractivity contribution < 1.29 is 18.4 Å². The monoisotopic (exact) mass is 910 g/mol. The Balaban J connectivity index is 0.677. The molecule has 4 aliphatic heterocycles. The summed E-state index contributed by atoms with van der Waals surface area (Å²) in [5.74, 6) is 2.37. The van der Waals surface area contributed by atoms with Gasteiger partial charge in [0.15, 0.2) is 0 Å². The predicted molar refractivity (Wildman–Crippen MR) is 272 cm³/mol. The second-order valence-corrected chi connectivity index (χ2v) is 23.4. The van der Waals surface area contributed by atoms with E-state index in [1.807, 2.05) is 0 Å². The lowest BCUT2D eigenvalue weighted by molar-refractivity contribution is -0.887. The first-order valence-corrected chi connectivity index (χ1v) is 26.3. The number of fused-ring (bicyclic) bond motifs is 6. The molecule has 4 aromatic rings. The van der Waals surface area contributed by atoms with Gasteiger partial charge in [-0.05, 0) is 71.8 Å². The van der Waals surface area contributed by atoms with E-state index in [1.54, 1.807) is 23.5 Å². The topological polar surface area (TPSA) is 31.4 Å². The molecule has 0 spiro atoms. The second kappa shape index (κ2) is 19.9. The van der Waals surface area contributed by atoms with Crippen LogP contribution in [0.3, 0.4) is 0 Å². The van der Waals surface area contributed by atoms with Crippen molar-refractivity contribution >= 4 is 80.0 Å². The molecule has 4 heterocycles. The second-order valence-electron chi connectivity index (χ2n) is 18.2. The highest BCUT2D eigenvalue weighted by Gasteiger charge is 2.48. The molecule has 0 aromatic heterocycles. The number of para-hydroxylation sites is 2. The summed E-state index contributed by atoms with van der Waals surface area (Å²) < 4.78 is 14.7. The van der Waals surface area contributed by atoms with Gasteiger partial charge in [0.1, 0.15) is 0 Å². The first-order valence-electron chi connectivity index (χ1n) is 22.2. The minimum atomic E-state index is -0.428. The molecule has 330 valence electrons. The average molecular weight is 911 g/mol. The standard InChI is InChI=1S/C50H66N6O2S4/c1-51(43-21-17-41(18-22-43)25-27-49-53(31-37-57-49)45-13-7-9-15-47(45)61-49)29-11-33-55(3,4)35-39-59-60-40-36-56(5,6)34-12-30-52(2)44-23-19-42(20-24-44)26-28-50-54(32-38-58-50)46-14-8-10-16-48(46)62-50/h7-10,13-28H,11-12,29-40H2,1-6H3/q+2/b27-25+,28-26+. The first-order chi connectivity index (χ1) is 29.9. The Morgan fingerprint density at radius 3 is 1.40 bits per heavy atom. The number of nitrogens with zero attached hydrogens (tertiary/aromatic N) is 6. The van der Waals surface area contributed by atoms with E-state index in [0.29, 0.717) is 0 Å². The molecule has 8 rings (SSSR count). The molecule has 8 nitrogen and oxygen atoms in total. The molecule has 2 fully saturated rings. The van der Waals surface area contributed by atoms with Gasteiger partial charge in [-0.3, -0.25) is 0 Å². The zero-order chi connectivity index (χ0) is 43.2. The van der Waals surface area contributed by atoms with Crippen LogP contribution >= 0.6 is 45.1 Å². The van der Waals surface area contributed by atoms with Crippen LogP contribution in [0.15, 0.2) is 119 Å². The molecule has 62 heavy (non-hydrogen) atoms. The number of hydrogen-bond acceptors (Lipinski definition) is 10. The smallest absolute Gasteiger partial charge is 0.214 e. The predicted octanol–water partition coefficient (Wildman–Crippen LogP) is 10.2. The van der Waals surface area contributed by atoms with Crippen molar-refractivity contribution in [3.05, 3.63) is 120 Å². The fourth-order valence-corrected chi connectivity index (χ4v) is 13.9. The maximum absolute atomic E-state index is 6.29. The summed E-state index contributed by atoms with van der Waals surface area (Å²) in [5.41, 5.74) is 7.49. The van der Waals surface area contributed by atoms with Crippen LogP contribution in [0, 0.1) is 0 Å². The maximum Gasteiger partial charge on any atom is 0.214 e. The minimum absolute atomic E-state index is 0.428. The van der Waals surface area contributed by atoms with E-state index in [4.69, 9.17) is 9.47 Å². The minimum Gasteiger partial charge on any atom is -0.374 e. The normalized spacial score (nSPS) is 20.6. The van der Waals surface area contributed by atoms with E-state index >= 15 is 0 Å². The molecule has 0 bridgehead atoms. The molecule has 4 aromatic carbocycles. The molecule has 12 heteroatoms. The number of hydrogen-bond donors (Lipinski definition) is 0. The lowest BCUT2D eigenvalue weighted by Gasteiger charge is -2.31. The number of ether oxygens (including phenoxy) is 2. The quantitative estimate of drug-likeness (QED) is 0.0458. The van der Waals surface area contributed by atoms with Crippen LogP contribution in [0.4, 0.5) is 22.7 Å². The van der Waals surface area contributed by atoms with Gasteiger partial charge in [-0.15, -0.1) is 0 Å². The summed E-state index contributed by atoms with van der Waals surface area (Å²) in [6, 6.07) is 35.2. The third kappa shape index (κ3) is 10.8. The lowest BCUT2D eigenvalue weighted by Crippen LogP contribution is -2.43. The number of benzene rings is 4. The van der Waals surface area contributed by atoms with Gasteiger partial charge in [-0.25, -0.2) is 0 Å². The molecule has 0 saturated carbocycles. The van der Waals surface area contributed by atoms with Gasteiger partial charge in [0, 0.05) is 74.3 Å². The molecular formula is C50H66N6O2S4+2. The van der Waals surface area contributed by atoms with E-state index in [2.05, 4.69) is 205 Å². The molecule has 0 aliphatic carbocycles. The number of anilines is 4. The Kier molecular flexibility index (Phi) is 14.6. The van der Waals surface area contributed by atoms with Crippen LogP contribution in [0.1, 0.15) is 24.0 Å². The van der Waals surface area contributed by atoms with Crippen molar-refractivity contribution in [3.63, 3.8) is 0 Å². The van der Waals surface area contributed by atoms with Crippen molar-refractivity contribution in [2.24, 2.45) is 0 Å². The van der Waals surface area contributed by atoms with Crippen molar-refractivity contribution in [1.29, 1.82) is 0 Å². The summed E-state index contributed by atoms with van der Waals surface area (Å²) in [5, 5.41) is -0.855. The largest absolute Gasteiger partial charge is 0.374 e. The fourth-order valence-electron chi connectivity index (χ4n) is 8.70. The van der Waals surface area contributed by atoms with Gasteiger partial charge < -0.3 is 38.0 Å². The summed E-state index contributed by atoms with van der Waals surface area (Å²) in [6.07, 6.45) is 11.2. The molecule has 4 aliphatic rings. The van der Waals surface area contributed by atoms with Crippen molar-refractivity contribution in [2.45, 2.75) is 32.7 Å². The average Bonchev–Trinajstić information content (AvgIpc) is 4.02. The Hall–Kier alpha value is -3.20. The maximum atomic E-state index is 6.29. The van der Waals surface area contributed by atoms with Crippen LogP contribution in [-0.2, 0) is 9.47 Å². The summed E-state index contributed by atoms with van der Waals surface area (Å²) in [6.45, 7) is 10.2. The lowest BCUT2D eigenvalue weighted by atomic mass is 10.1. The van der Waals surface area contributed by atoms with E-state index in [9.17, 15) is 0 Å². The van der Waals surface area contributed by atoms with E-state index in [-0.39, 0.29) is 0 Å². The Labute approximate surface area is 388 Å². The molecule has 2 saturated heterocycles. The summed E-state index contributed by atoms with van der Waals surface area (Å²) in [4.78, 5) is 12.1. The SMILES string of the molecule is CN(CCC[N+](C)(C)CCSSCC[N+](C)(C)CCCN(C)c1ccc(/C=C/C23OCCN2c2ccccc2S3)cc1)c1ccc(/C=C/C23OCCN2c2ccccc2S3)cc1. The van der Waals surface area contributed by atoms with Crippen molar-refractivity contribution in [1.82, 2.24) is 0 Å². The highest BCUT2D eigenvalue weighted by molar-refractivity contribution is 8.76. The van der Waals surface area contributed by atoms with Gasteiger partial charge in [-0.1, -0.05) is 106 Å². The number of thioether (sulfide) groups is 2. The third-order valence-electron chi connectivity index (χ3n) is 12.6. The van der Waals surface area contributed by atoms with Crippen molar-refractivity contribution in [3.8, 4) is 0 Å². The highest BCUT2D eigenvalue weighted by Crippen LogP contribution is 2.55. The molecule has 0 N–H and O–H groups in total. The van der Waals surface area contributed by atoms with Crippen molar-refractivity contribution in [2.75, 3.05) is 139 Å². The van der Waals surface area contributed by atoms with Gasteiger partial charge in [0.2, 0.25) is 10.1 Å². The number of rotatable bonds is 21. The molecule has 0 radical (unpaired) electrons. The fraction of sp³-hybridized carbons (Fsp3) is 0.440.